The summed E-state index contributed by atoms with van der Waals surface area (Å²) in [5, 5.41) is 0. The number of rotatable bonds is 1. The van der Waals surface area contributed by atoms with Crippen molar-refractivity contribution in [3.63, 3.8) is 0 Å². The Hall–Kier alpha value is -2.16. The van der Waals surface area contributed by atoms with Crippen LogP contribution in [-0.4, -0.2) is 9.97 Å². The molecule has 3 aromatic rings. The first kappa shape index (κ1) is 10.0. The molecule has 0 saturated carbocycles. The monoisotopic (exact) mass is 226 g/mol. The van der Waals surface area contributed by atoms with Gasteiger partial charge in [-0.15, -0.1) is 0 Å². The van der Waals surface area contributed by atoms with Crippen molar-refractivity contribution < 1.29 is 4.39 Å². The molecule has 0 fully saturated rings. The van der Waals surface area contributed by atoms with Crippen LogP contribution in [0.4, 0.5) is 4.39 Å². The van der Waals surface area contributed by atoms with Crippen LogP contribution >= 0.6 is 0 Å². The first-order valence-electron chi connectivity index (χ1n) is 5.45. The van der Waals surface area contributed by atoms with E-state index in [9.17, 15) is 4.39 Å². The van der Waals surface area contributed by atoms with E-state index in [1.54, 1.807) is 12.1 Å². The molecule has 0 amide bonds. The van der Waals surface area contributed by atoms with Gasteiger partial charge >= 0.3 is 0 Å². The molecular formula is C14H11FN2. The fourth-order valence-corrected chi connectivity index (χ4v) is 1.90. The molecule has 2 nitrogen and oxygen atoms in total. The van der Waals surface area contributed by atoms with Crippen LogP contribution < -0.4 is 0 Å². The summed E-state index contributed by atoms with van der Waals surface area (Å²) in [6.07, 6.45) is 0. The van der Waals surface area contributed by atoms with Crippen LogP contribution in [0.1, 0.15) is 5.56 Å². The number of aromatic nitrogens is 2. The maximum atomic E-state index is 13.7. The second-order valence-corrected chi connectivity index (χ2v) is 4.09. The van der Waals surface area contributed by atoms with Crippen LogP contribution in [0.25, 0.3) is 22.4 Å². The molecule has 2 aromatic carbocycles. The summed E-state index contributed by atoms with van der Waals surface area (Å²) in [4.78, 5) is 7.52. The molecule has 17 heavy (non-hydrogen) atoms. The molecule has 0 radical (unpaired) electrons. The normalized spacial score (nSPS) is 10.9. The Morgan fingerprint density at radius 3 is 2.76 bits per heavy atom. The Balaban J connectivity index is 2.23. The van der Waals surface area contributed by atoms with Gasteiger partial charge in [-0.05, 0) is 31.2 Å². The molecule has 1 heterocycles. The van der Waals surface area contributed by atoms with E-state index in [1.807, 2.05) is 31.2 Å². The third-order valence-corrected chi connectivity index (χ3v) is 2.77. The van der Waals surface area contributed by atoms with Crippen LogP contribution in [0.5, 0.6) is 0 Å². The van der Waals surface area contributed by atoms with Gasteiger partial charge in [-0.3, -0.25) is 0 Å². The maximum Gasteiger partial charge on any atom is 0.141 e. The predicted octanol–water partition coefficient (Wildman–Crippen LogP) is 3.68. The molecule has 3 heteroatoms. The number of aryl methyl sites for hydroxylation is 1. The zero-order valence-electron chi connectivity index (χ0n) is 9.37. The summed E-state index contributed by atoms with van der Waals surface area (Å²) in [6.45, 7) is 1.94. The zero-order chi connectivity index (χ0) is 11.8. The van der Waals surface area contributed by atoms with E-state index in [-0.39, 0.29) is 5.82 Å². The molecule has 0 aliphatic rings. The topological polar surface area (TPSA) is 28.7 Å². The van der Waals surface area contributed by atoms with Crippen LogP contribution in [0.15, 0.2) is 42.5 Å². The highest BCUT2D eigenvalue weighted by Gasteiger charge is 2.09. The number of halogens is 1. The van der Waals surface area contributed by atoms with Crippen LogP contribution in [0.3, 0.4) is 0 Å². The summed E-state index contributed by atoms with van der Waals surface area (Å²) < 4.78 is 13.7. The van der Waals surface area contributed by atoms with Gasteiger partial charge in [0.15, 0.2) is 0 Å². The van der Waals surface area contributed by atoms with E-state index in [4.69, 9.17) is 0 Å². The number of para-hydroxylation sites is 2. The minimum absolute atomic E-state index is 0.255. The number of fused-ring (bicyclic) bond motifs is 1. The minimum atomic E-state index is -0.255. The van der Waals surface area contributed by atoms with E-state index in [0.717, 1.165) is 16.6 Å². The van der Waals surface area contributed by atoms with Crippen molar-refractivity contribution in [2.45, 2.75) is 6.92 Å². The Morgan fingerprint density at radius 1 is 1.12 bits per heavy atom. The lowest BCUT2D eigenvalue weighted by Crippen LogP contribution is -1.87. The molecule has 84 valence electrons. The van der Waals surface area contributed by atoms with E-state index in [0.29, 0.717) is 11.4 Å². The van der Waals surface area contributed by atoms with Gasteiger partial charge in [0.25, 0.3) is 0 Å². The largest absolute Gasteiger partial charge is 0.338 e. The van der Waals surface area contributed by atoms with E-state index in [1.165, 1.54) is 6.07 Å². The summed E-state index contributed by atoms with van der Waals surface area (Å²) in [5.41, 5.74) is 3.30. The van der Waals surface area contributed by atoms with Gasteiger partial charge in [-0.2, -0.15) is 0 Å². The Morgan fingerprint density at radius 2 is 1.94 bits per heavy atom. The molecule has 0 spiro atoms. The lowest BCUT2D eigenvalue weighted by Gasteiger charge is -2.00. The number of hydrogen-bond acceptors (Lipinski definition) is 1. The average Bonchev–Trinajstić information content (AvgIpc) is 2.75. The van der Waals surface area contributed by atoms with E-state index in [2.05, 4.69) is 9.97 Å². The molecule has 0 aliphatic carbocycles. The van der Waals surface area contributed by atoms with Crippen molar-refractivity contribution >= 4 is 11.0 Å². The molecule has 0 aliphatic heterocycles. The van der Waals surface area contributed by atoms with Gasteiger partial charge in [-0.1, -0.05) is 23.8 Å². The number of imidazole rings is 1. The molecule has 1 N–H and O–H groups in total. The van der Waals surface area contributed by atoms with Crippen molar-refractivity contribution in [2.24, 2.45) is 0 Å². The molecule has 0 saturated heterocycles. The maximum absolute atomic E-state index is 13.7. The predicted molar refractivity (Wildman–Crippen MR) is 66.2 cm³/mol. The highest BCUT2D eigenvalue weighted by Crippen LogP contribution is 2.23. The fourth-order valence-electron chi connectivity index (χ4n) is 1.90. The number of nitrogens with one attached hydrogen (secondary N) is 1. The molecule has 0 bridgehead atoms. The second kappa shape index (κ2) is 3.70. The number of nitrogens with zero attached hydrogens (tertiary/aromatic N) is 1. The standard InChI is InChI=1S/C14H11FN2/c1-9-6-7-11(15)10(8-9)14-16-12-4-2-3-5-13(12)17-14/h2-8H,1H3,(H,16,17). The summed E-state index contributed by atoms with van der Waals surface area (Å²) in [7, 11) is 0. The SMILES string of the molecule is Cc1ccc(F)c(-c2nc3ccccc3[nH]2)c1. The third kappa shape index (κ3) is 1.69. The summed E-state index contributed by atoms with van der Waals surface area (Å²) >= 11 is 0. The first-order valence-corrected chi connectivity index (χ1v) is 5.45. The Labute approximate surface area is 98.1 Å². The average molecular weight is 226 g/mol. The van der Waals surface area contributed by atoms with Crippen LogP contribution in [-0.2, 0) is 0 Å². The van der Waals surface area contributed by atoms with Crippen molar-refractivity contribution in [1.82, 2.24) is 9.97 Å². The fraction of sp³-hybridized carbons (Fsp3) is 0.0714. The van der Waals surface area contributed by atoms with E-state index < -0.39 is 0 Å². The second-order valence-electron chi connectivity index (χ2n) is 4.09. The van der Waals surface area contributed by atoms with Crippen molar-refractivity contribution in [3.05, 3.63) is 53.8 Å². The van der Waals surface area contributed by atoms with Gasteiger partial charge in [0.2, 0.25) is 0 Å². The molecule has 3 rings (SSSR count). The molecule has 0 atom stereocenters. The van der Waals surface area contributed by atoms with Gasteiger partial charge in [0, 0.05) is 0 Å². The Kier molecular flexibility index (Phi) is 2.18. The lowest BCUT2D eigenvalue weighted by atomic mass is 10.1. The van der Waals surface area contributed by atoms with Crippen molar-refractivity contribution in [2.75, 3.05) is 0 Å². The number of H-pyrrole nitrogens is 1. The number of hydrogen-bond donors (Lipinski definition) is 1. The quantitative estimate of drug-likeness (QED) is 0.673. The smallest absolute Gasteiger partial charge is 0.141 e. The van der Waals surface area contributed by atoms with Crippen molar-refractivity contribution in [3.8, 4) is 11.4 Å². The lowest BCUT2D eigenvalue weighted by molar-refractivity contribution is 0.630. The van der Waals surface area contributed by atoms with Gasteiger partial charge in [-0.25, -0.2) is 9.37 Å². The van der Waals surface area contributed by atoms with Gasteiger partial charge < -0.3 is 4.98 Å². The van der Waals surface area contributed by atoms with Crippen LogP contribution in [0.2, 0.25) is 0 Å². The van der Waals surface area contributed by atoms with Gasteiger partial charge in [0.1, 0.15) is 11.6 Å². The van der Waals surface area contributed by atoms with E-state index >= 15 is 0 Å². The number of aromatic amines is 1. The third-order valence-electron chi connectivity index (χ3n) is 2.77. The highest BCUT2D eigenvalue weighted by molar-refractivity contribution is 5.79. The molecule has 0 unspecified atom stereocenters. The minimum Gasteiger partial charge on any atom is -0.338 e. The molecule has 1 aromatic heterocycles. The van der Waals surface area contributed by atoms with Crippen molar-refractivity contribution in [1.29, 1.82) is 0 Å². The number of benzene rings is 2. The highest BCUT2D eigenvalue weighted by atomic mass is 19.1. The first-order chi connectivity index (χ1) is 8.24. The van der Waals surface area contributed by atoms with Crippen LogP contribution in [0, 0.1) is 12.7 Å². The summed E-state index contributed by atoms with van der Waals surface area (Å²) in [5.74, 6) is 0.321. The zero-order valence-corrected chi connectivity index (χ0v) is 9.37. The molecular weight excluding hydrogens is 215 g/mol. The van der Waals surface area contributed by atoms with Gasteiger partial charge in [0.05, 0.1) is 16.6 Å². The summed E-state index contributed by atoms with van der Waals surface area (Å²) in [6, 6.07) is 12.7. The Bertz CT molecular complexity index is 653.